The number of nitrogens with one attached hydrogen (secondary N) is 1. The van der Waals surface area contributed by atoms with Crippen molar-refractivity contribution in [1.29, 1.82) is 0 Å². The lowest BCUT2D eigenvalue weighted by molar-refractivity contribution is 0.0693. The van der Waals surface area contributed by atoms with Crippen LogP contribution in [0.5, 0.6) is 11.5 Å². The van der Waals surface area contributed by atoms with Crippen molar-refractivity contribution in [2.75, 3.05) is 14.2 Å². The van der Waals surface area contributed by atoms with Crippen LogP contribution in [0.15, 0.2) is 30.3 Å². The van der Waals surface area contributed by atoms with E-state index in [1.807, 2.05) is 0 Å². The Morgan fingerprint density at radius 2 is 2.00 bits per heavy atom. The molecule has 0 radical (unpaired) electrons. The number of carboxylic acids is 1. The first-order chi connectivity index (χ1) is 12.0. The molecule has 1 aromatic heterocycles. The van der Waals surface area contributed by atoms with E-state index in [0.29, 0.717) is 22.2 Å². The Hall–Kier alpha value is -3.35. The maximum atomic E-state index is 13.5. The van der Waals surface area contributed by atoms with Crippen molar-refractivity contribution in [1.82, 2.24) is 10.2 Å². The van der Waals surface area contributed by atoms with Gasteiger partial charge in [-0.2, -0.15) is 5.10 Å². The van der Waals surface area contributed by atoms with Crippen LogP contribution in [0.3, 0.4) is 0 Å². The summed E-state index contributed by atoms with van der Waals surface area (Å²) in [6.45, 7) is 0. The first kappa shape index (κ1) is 16.5. The molecule has 0 amide bonds. The number of fused-ring (bicyclic) bond motifs is 1. The van der Waals surface area contributed by atoms with E-state index < -0.39 is 11.8 Å². The predicted molar refractivity (Wildman–Crippen MR) is 91.5 cm³/mol. The van der Waals surface area contributed by atoms with E-state index in [2.05, 4.69) is 10.2 Å². The Kier molecular flexibility index (Phi) is 4.38. The highest BCUT2D eigenvalue weighted by atomic mass is 19.1. The number of aromatic amines is 1. The third-order valence-electron chi connectivity index (χ3n) is 3.75. The van der Waals surface area contributed by atoms with Crippen molar-refractivity contribution in [3.63, 3.8) is 0 Å². The molecule has 0 aliphatic rings. The zero-order valence-corrected chi connectivity index (χ0v) is 13.5. The lowest BCUT2D eigenvalue weighted by atomic mass is 10.1. The van der Waals surface area contributed by atoms with E-state index in [1.54, 1.807) is 30.4 Å². The molecule has 7 heteroatoms. The van der Waals surface area contributed by atoms with Crippen LogP contribution >= 0.6 is 0 Å². The Labute approximate surface area is 142 Å². The number of hydrogen-bond donors (Lipinski definition) is 2. The average molecular weight is 342 g/mol. The molecular weight excluding hydrogens is 327 g/mol. The number of rotatable bonds is 5. The van der Waals surface area contributed by atoms with Crippen molar-refractivity contribution in [3.05, 3.63) is 53.0 Å². The van der Waals surface area contributed by atoms with Crippen molar-refractivity contribution in [2.45, 2.75) is 0 Å². The maximum Gasteiger partial charge on any atom is 0.339 e. The first-order valence-corrected chi connectivity index (χ1v) is 7.35. The molecule has 25 heavy (non-hydrogen) atoms. The van der Waals surface area contributed by atoms with E-state index in [0.717, 1.165) is 0 Å². The summed E-state index contributed by atoms with van der Waals surface area (Å²) < 4.78 is 23.7. The van der Waals surface area contributed by atoms with E-state index >= 15 is 0 Å². The zero-order valence-electron chi connectivity index (χ0n) is 13.5. The first-order valence-electron chi connectivity index (χ1n) is 7.35. The van der Waals surface area contributed by atoms with Gasteiger partial charge in [0.1, 0.15) is 11.3 Å². The molecule has 0 aliphatic carbocycles. The summed E-state index contributed by atoms with van der Waals surface area (Å²) in [4.78, 5) is 11.4. The van der Waals surface area contributed by atoms with Gasteiger partial charge in [0, 0.05) is 0 Å². The van der Waals surface area contributed by atoms with E-state index in [1.165, 1.54) is 26.4 Å². The number of aromatic carboxylic acids is 1. The highest BCUT2D eigenvalue weighted by molar-refractivity contribution is 6.02. The highest BCUT2D eigenvalue weighted by Gasteiger charge is 2.18. The number of carboxylic acid groups (broad SMARTS) is 1. The summed E-state index contributed by atoms with van der Waals surface area (Å²) in [6, 6.07) is 7.56. The lowest BCUT2D eigenvalue weighted by Gasteiger charge is -2.06. The largest absolute Gasteiger partial charge is 0.495 e. The van der Waals surface area contributed by atoms with Crippen LogP contribution in [0.25, 0.3) is 23.1 Å². The summed E-state index contributed by atoms with van der Waals surface area (Å²) in [6.07, 6.45) is 3.42. The quantitative estimate of drug-likeness (QED) is 0.740. The third kappa shape index (κ3) is 3.03. The Morgan fingerprint density at radius 3 is 2.68 bits per heavy atom. The van der Waals surface area contributed by atoms with Crippen LogP contribution in [0.4, 0.5) is 4.39 Å². The van der Waals surface area contributed by atoms with Gasteiger partial charge in [-0.25, -0.2) is 9.18 Å². The number of halogens is 1. The molecule has 128 valence electrons. The van der Waals surface area contributed by atoms with Gasteiger partial charge in [0.2, 0.25) is 0 Å². The second-order valence-corrected chi connectivity index (χ2v) is 5.21. The standard InChI is InChI=1S/C18H15FN2O4/c1-24-15-9-10(3-6-12(15)19)4-7-13-16-14(21-20-13)8-5-11(18(22)23)17(16)25-2/h3-9H,1-2H3,(H,20,21)(H,22,23). The second kappa shape index (κ2) is 6.64. The molecule has 3 aromatic rings. The highest BCUT2D eigenvalue weighted by Crippen LogP contribution is 2.32. The molecule has 0 saturated heterocycles. The van der Waals surface area contributed by atoms with Crippen molar-refractivity contribution in [2.24, 2.45) is 0 Å². The van der Waals surface area contributed by atoms with Gasteiger partial charge >= 0.3 is 5.97 Å². The minimum absolute atomic E-state index is 0.0505. The molecule has 0 bridgehead atoms. The number of benzene rings is 2. The van der Waals surface area contributed by atoms with Gasteiger partial charge in [-0.05, 0) is 35.9 Å². The fourth-order valence-electron chi connectivity index (χ4n) is 2.56. The zero-order chi connectivity index (χ0) is 18.0. The van der Waals surface area contributed by atoms with E-state index in [-0.39, 0.29) is 17.1 Å². The SMILES string of the molecule is COc1cc(C=Cc2n[nH]c3ccc(C(=O)O)c(OC)c23)ccc1F. The fourth-order valence-corrected chi connectivity index (χ4v) is 2.56. The van der Waals surface area contributed by atoms with Gasteiger partial charge in [-0.15, -0.1) is 0 Å². The van der Waals surface area contributed by atoms with Gasteiger partial charge in [0.05, 0.1) is 30.8 Å². The van der Waals surface area contributed by atoms with Crippen LogP contribution in [0.2, 0.25) is 0 Å². The van der Waals surface area contributed by atoms with E-state index in [9.17, 15) is 14.3 Å². The number of hydrogen-bond acceptors (Lipinski definition) is 4. The minimum Gasteiger partial charge on any atom is -0.495 e. The maximum absolute atomic E-state index is 13.5. The van der Waals surface area contributed by atoms with Crippen LogP contribution in [0.1, 0.15) is 21.6 Å². The number of carbonyl (C=O) groups is 1. The molecule has 0 unspecified atom stereocenters. The molecule has 0 spiro atoms. The van der Waals surface area contributed by atoms with Crippen molar-refractivity contribution < 1.29 is 23.8 Å². The summed E-state index contributed by atoms with van der Waals surface area (Å²) in [5, 5.41) is 16.9. The van der Waals surface area contributed by atoms with Crippen LogP contribution in [0, 0.1) is 5.82 Å². The van der Waals surface area contributed by atoms with E-state index in [4.69, 9.17) is 9.47 Å². The monoisotopic (exact) mass is 342 g/mol. The number of nitrogens with zero attached hydrogens (tertiary/aromatic N) is 1. The summed E-state index contributed by atoms with van der Waals surface area (Å²) in [7, 11) is 2.80. The molecule has 0 fully saturated rings. The normalized spacial score (nSPS) is 11.2. The van der Waals surface area contributed by atoms with Gasteiger partial charge in [-0.3, -0.25) is 5.10 Å². The van der Waals surface area contributed by atoms with Crippen molar-refractivity contribution in [3.8, 4) is 11.5 Å². The average Bonchev–Trinajstić information content (AvgIpc) is 3.03. The van der Waals surface area contributed by atoms with Gasteiger partial charge in [-0.1, -0.05) is 12.1 Å². The molecule has 1 heterocycles. The van der Waals surface area contributed by atoms with Gasteiger partial charge in [0.25, 0.3) is 0 Å². The van der Waals surface area contributed by atoms with Crippen LogP contribution in [-0.2, 0) is 0 Å². The number of aromatic nitrogens is 2. The Bertz CT molecular complexity index is 979. The summed E-state index contributed by atoms with van der Waals surface area (Å²) in [5.74, 6) is -1.16. The molecule has 0 saturated carbocycles. The molecule has 0 atom stereocenters. The fraction of sp³-hybridized carbons (Fsp3) is 0.111. The van der Waals surface area contributed by atoms with Crippen LogP contribution < -0.4 is 9.47 Å². The second-order valence-electron chi connectivity index (χ2n) is 5.21. The van der Waals surface area contributed by atoms with Crippen molar-refractivity contribution >= 4 is 29.0 Å². The third-order valence-corrected chi connectivity index (χ3v) is 3.75. The topological polar surface area (TPSA) is 84.4 Å². The smallest absolute Gasteiger partial charge is 0.339 e. The van der Waals surface area contributed by atoms with Crippen LogP contribution in [-0.4, -0.2) is 35.5 Å². The number of ether oxygens (including phenoxy) is 2. The molecule has 0 aliphatic heterocycles. The molecule has 2 aromatic carbocycles. The summed E-state index contributed by atoms with van der Waals surface area (Å²) in [5.41, 5.74) is 1.92. The Morgan fingerprint density at radius 1 is 1.20 bits per heavy atom. The number of H-pyrrole nitrogens is 1. The predicted octanol–water partition coefficient (Wildman–Crippen LogP) is 3.59. The van der Waals surface area contributed by atoms with Gasteiger partial charge < -0.3 is 14.6 Å². The summed E-state index contributed by atoms with van der Waals surface area (Å²) >= 11 is 0. The number of methoxy groups -OCH3 is 2. The molecule has 6 nitrogen and oxygen atoms in total. The minimum atomic E-state index is -1.09. The molecule has 2 N–H and O–H groups in total. The molecule has 3 rings (SSSR count). The Balaban J connectivity index is 2.07. The van der Waals surface area contributed by atoms with Gasteiger partial charge in [0.15, 0.2) is 11.6 Å². The molecular formula is C18H15FN2O4. The lowest BCUT2D eigenvalue weighted by Crippen LogP contribution is -2.00.